The molecule has 0 spiro atoms. The van der Waals surface area contributed by atoms with Gasteiger partial charge >= 0.3 is 0 Å². The molecule has 2 N–H and O–H groups in total. The Morgan fingerprint density at radius 1 is 1.39 bits per heavy atom. The molecule has 4 heteroatoms. The second-order valence-corrected chi connectivity index (χ2v) is 4.66. The fourth-order valence-corrected chi connectivity index (χ4v) is 2.04. The molecule has 0 amide bonds. The molecule has 1 aliphatic carbocycles. The summed E-state index contributed by atoms with van der Waals surface area (Å²) in [5, 5.41) is 0. The highest BCUT2D eigenvalue weighted by atomic mass is 16.5. The quantitative estimate of drug-likeness (QED) is 0.876. The van der Waals surface area contributed by atoms with Gasteiger partial charge in [0.2, 0.25) is 0 Å². The van der Waals surface area contributed by atoms with Crippen LogP contribution in [0.5, 0.6) is 5.75 Å². The first kappa shape index (κ1) is 11.3. The van der Waals surface area contributed by atoms with E-state index in [1.807, 2.05) is 36.8 Å². The van der Waals surface area contributed by atoms with Gasteiger partial charge in [-0.2, -0.15) is 0 Å². The molecule has 0 saturated heterocycles. The number of aromatic nitrogens is 2. The number of benzene rings is 1. The third kappa shape index (κ3) is 2.38. The highest BCUT2D eigenvalue weighted by Gasteiger charge is 2.25. The predicted molar refractivity (Wildman–Crippen MR) is 69.2 cm³/mol. The molecule has 4 nitrogen and oxygen atoms in total. The Bertz CT molecular complexity index is 531. The number of nitrogens with two attached hydrogens (primary N) is 1. The lowest BCUT2D eigenvalue weighted by molar-refractivity contribution is 0.294. The summed E-state index contributed by atoms with van der Waals surface area (Å²) in [4.78, 5) is 4.19. The molecule has 1 aromatic carbocycles. The summed E-state index contributed by atoms with van der Waals surface area (Å²) in [7, 11) is 0. The molecule has 1 aliphatic rings. The van der Waals surface area contributed by atoms with E-state index in [4.69, 9.17) is 10.5 Å². The van der Waals surface area contributed by atoms with Gasteiger partial charge in [-0.1, -0.05) is 12.1 Å². The predicted octanol–water partition coefficient (Wildman–Crippen LogP) is 2.26. The Morgan fingerprint density at radius 2 is 2.28 bits per heavy atom. The molecule has 0 aliphatic heterocycles. The van der Waals surface area contributed by atoms with Crippen molar-refractivity contribution in [3.05, 3.63) is 48.0 Å². The highest BCUT2D eigenvalue weighted by molar-refractivity contribution is 5.28. The standard InChI is InChI=1S/C14H17N3O/c15-7-11-2-1-3-14(6-11)18-9-13-8-16-10-17(13)12-4-5-12/h1-3,6,8,10,12H,4-5,7,9,15H2. The van der Waals surface area contributed by atoms with E-state index in [0.29, 0.717) is 19.2 Å². The first-order valence-corrected chi connectivity index (χ1v) is 6.29. The summed E-state index contributed by atoms with van der Waals surface area (Å²) < 4.78 is 8.01. The van der Waals surface area contributed by atoms with Gasteiger partial charge in [-0.25, -0.2) is 4.98 Å². The van der Waals surface area contributed by atoms with E-state index in [1.54, 1.807) is 0 Å². The summed E-state index contributed by atoms with van der Waals surface area (Å²) in [5.41, 5.74) is 7.83. The third-order valence-electron chi connectivity index (χ3n) is 3.21. The van der Waals surface area contributed by atoms with Crippen molar-refractivity contribution in [2.45, 2.75) is 32.0 Å². The van der Waals surface area contributed by atoms with Crippen LogP contribution in [0.15, 0.2) is 36.8 Å². The van der Waals surface area contributed by atoms with Crippen LogP contribution in [0.3, 0.4) is 0 Å². The lowest BCUT2D eigenvalue weighted by atomic mass is 10.2. The summed E-state index contributed by atoms with van der Waals surface area (Å²) in [6.07, 6.45) is 6.29. The monoisotopic (exact) mass is 243 g/mol. The number of hydrogen-bond donors (Lipinski definition) is 1. The SMILES string of the molecule is NCc1cccc(OCc2cncn2C2CC2)c1. The molecule has 1 saturated carbocycles. The molecule has 0 bridgehead atoms. The molecule has 0 unspecified atom stereocenters. The van der Waals surface area contributed by atoms with E-state index in [2.05, 4.69) is 9.55 Å². The van der Waals surface area contributed by atoms with Crippen LogP contribution in [0.25, 0.3) is 0 Å². The second kappa shape index (κ2) is 4.82. The first-order chi connectivity index (χ1) is 8.86. The smallest absolute Gasteiger partial charge is 0.130 e. The van der Waals surface area contributed by atoms with Gasteiger partial charge in [0.1, 0.15) is 12.4 Å². The van der Waals surface area contributed by atoms with E-state index in [-0.39, 0.29) is 0 Å². The van der Waals surface area contributed by atoms with Crippen molar-refractivity contribution in [2.24, 2.45) is 5.73 Å². The lowest BCUT2D eigenvalue weighted by Crippen LogP contribution is -2.04. The lowest BCUT2D eigenvalue weighted by Gasteiger charge is -2.09. The van der Waals surface area contributed by atoms with Gasteiger partial charge in [-0.3, -0.25) is 0 Å². The molecule has 2 aromatic rings. The fourth-order valence-electron chi connectivity index (χ4n) is 2.04. The van der Waals surface area contributed by atoms with Gasteiger partial charge in [-0.15, -0.1) is 0 Å². The number of imidazole rings is 1. The molecule has 18 heavy (non-hydrogen) atoms. The maximum absolute atomic E-state index is 5.80. The Kier molecular flexibility index (Phi) is 3.02. The minimum atomic E-state index is 0.539. The van der Waals surface area contributed by atoms with Gasteiger partial charge in [0, 0.05) is 12.6 Å². The van der Waals surface area contributed by atoms with E-state index in [9.17, 15) is 0 Å². The summed E-state index contributed by atoms with van der Waals surface area (Å²) in [6.45, 7) is 1.10. The first-order valence-electron chi connectivity index (χ1n) is 6.29. The molecule has 3 rings (SSSR count). The normalized spacial score (nSPS) is 14.7. The van der Waals surface area contributed by atoms with Crippen LogP contribution >= 0.6 is 0 Å². The Balaban J connectivity index is 1.67. The Morgan fingerprint density at radius 3 is 3.06 bits per heavy atom. The van der Waals surface area contributed by atoms with Crippen LogP contribution < -0.4 is 10.5 Å². The van der Waals surface area contributed by atoms with E-state index in [0.717, 1.165) is 17.0 Å². The zero-order valence-electron chi connectivity index (χ0n) is 10.2. The fraction of sp³-hybridized carbons (Fsp3) is 0.357. The van der Waals surface area contributed by atoms with E-state index >= 15 is 0 Å². The minimum Gasteiger partial charge on any atom is -0.487 e. The van der Waals surface area contributed by atoms with Crippen LogP contribution in [-0.2, 0) is 13.2 Å². The van der Waals surface area contributed by atoms with Crippen molar-refractivity contribution in [3.8, 4) is 5.75 Å². The van der Waals surface area contributed by atoms with Crippen molar-refractivity contribution in [3.63, 3.8) is 0 Å². The van der Waals surface area contributed by atoms with Crippen LogP contribution in [0.2, 0.25) is 0 Å². The summed E-state index contributed by atoms with van der Waals surface area (Å²) in [5.74, 6) is 0.862. The third-order valence-corrected chi connectivity index (χ3v) is 3.21. The van der Waals surface area contributed by atoms with Crippen LogP contribution in [0.4, 0.5) is 0 Å². The Hall–Kier alpha value is -1.81. The molecular weight excluding hydrogens is 226 g/mol. The summed E-state index contributed by atoms with van der Waals surface area (Å²) >= 11 is 0. The maximum atomic E-state index is 5.80. The van der Waals surface area contributed by atoms with Gasteiger partial charge in [-0.05, 0) is 30.5 Å². The van der Waals surface area contributed by atoms with Gasteiger partial charge in [0.15, 0.2) is 0 Å². The van der Waals surface area contributed by atoms with Crippen molar-refractivity contribution < 1.29 is 4.74 Å². The van der Waals surface area contributed by atoms with Gasteiger partial charge in [0.25, 0.3) is 0 Å². The minimum absolute atomic E-state index is 0.539. The molecular formula is C14H17N3O. The van der Waals surface area contributed by atoms with Crippen molar-refractivity contribution in [1.29, 1.82) is 0 Å². The zero-order valence-corrected chi connectivity index (χ0v) is 10.2. The maximum Gasteiger partial charge on any atom is 0.130 e. The molecule has 0 radical (unpaired) electrons. The molecule has 94 valence electrons. The van der Waals surface area contributed by atoms with Crippen LogP contribution in [-0.4, -0.2) is 9.55 Å². The number of ether oxygens (including phenoxy) is 1. The largest absolute Gasteiger partial charge is 0.487 e. The van der Waals surface area contributed by atoms with Crippen molar-refractivity contribution in [1.82, 2.24) is 9.55 Å². The topological polar surface area (TPSA) is 53.1 Å². The van der Waals surface area contributed by atoms with Crippen LogP contribution in [0.1, 0.15) is 30.1 Å². The average molecular weight is 243 g/mol. The number of nitrogens with zero attached hydrogens (tertiary/aromatic N) is 2. The van der Waals surface area contributed by atoms with Crippen LogP contribution in [0, 0.1) is 0 Å². The molecule has 1 fully saturated rings. The highest BCUT2D eigenvalue weighted by Crippen LogP contribution is 2.35. The second-order valence-electron chi connectivity index (χ2n) is 4.66. The number of hydrogen-bond acceptors (Lipinski definition) is 3. The van der Waals surface area contributed by atoms with Gasteiger partial charge < -0.3 is 15.0 Å². The van der Waals surface area contributed by atoms with E-state index < -0.39 is 0 Å². The van der Waals surface area contributed by atoms with Crippen molar-refractivity contribution >= 4 is 0 Å². The van der Waals surface area contributed by atoms with Crippen molar-refractivity contribution in [2.75, 3.05) is 0 Å². The summed E-state index contributed by atoms with van der Waals surface area (Å²) in [6, 6.07) is 8.55. The zero-order chi connectivity index (χ0) is 12.4. The van der Waals surface area contributed by atoms with E-state index in [1.165, 1.54) is 12.8 Å². The number of rotatable bonds is 5. The molecule has 0 atom stereocenters. The van der Waals surface area contributed by atoms with Gasteiger partial charge in [0.05, 0.1) is 18.2 Å². The average Bonchev–Trinajstić information content (AvgIpc) is 3.15. The molecule has 1 heterocycles. The Labute approximate surface area is 106 Å². The molecule has 1 aromatic heterocycles.